The van der Waals surface area contributed by atoms with Gasteiger partial charge in [0.15, 0.2) is 0 Å². The maximum atomic E-state index is 11.4. The summed E-state index contributed by atoms with van der Waals surface area (Å²) in [5.74, 6) is -0.623. The van der Waals surface area contributed by atoms with Crippen LogP contribution < -0.4 is 10.6 Å². The van der Waals surface area contributed by atoms with Gasteiger partial charge in [0.05, 0.1) is 13.2 Å². The monoisotopic (exact) mass is 230 g/mol. The van der Waals surface area contributed by atoms with E-state index in [0.717, 1.165) is 0 Å². The Morgan fingerprint density at radius 3 is 2.31 bits per heavy atom. The summed E-state index contributed by atoms with van der Waals surface area (Å²) in [7, 11) is 0. The van der Waals surface area contributed by atoms with Gasteiger partial charge < -0.3 is 15.4 Å². The number of hydrogen-bond donors (Lipinski definition) is 2. The molecular formula is C11H22N2O3. The van der Waals surface area contributed by atoms with E-state index in [1.807, 2.05) is 20.8 Å². The van der Waals surface area contributed by atoms with Crippen LogP contribution in [0, 0.1) is 0 Å². The van der Waals surface area contributed by atoms with Crippen molar-refractivity contribution < 1.29 is 14.3 Å². The van der Waals surface area contributed by atoms with Gasteiger partial charge in [-0.1, -0.05) is 0 Å². The summed E-state index contributed by atoms with van der Waals surface area (Å²) in [4.78, 5) is 22.6. The Balaban J connectivity index is 3.92. The van der Waals surface area contributed by atoms with Crippen LogP contribution >= 0.6 is 0 Å². The molecule has 16 heavy (non-hydrogen) atoms. The lowest BCUT2D eigenvalue weighted by atomic mass is 10.1. The van der Waals surface area contributed by atoms with Crippen molar-refractivity contribution in [3.8, 4) is 0 Å². The molecule has 0 aromatic carbocycles. The van der Waals surface area contributed by atoms with Crippen molar-refractivity contribution in [3.05, 3.63) is 0 Å². The summed E-state index contributed by atoms with van der Waals surface area (Å²) in [6.07, 6.45) is 0. The minimum atomic E-state index is -0.603. The Kier molecular flexibility index (Phi) is 6.03. The maximum absolute atomic E-state index is 11.4. The SMILES string of the molecule is CCOC(=O)C(C)NC(=O)CNC(C)(C)C. The van der Waals surface area contributed by atoms with Crippen LogP contribution in [-0.4, -0.2) is 36.6 Å². The van der Waals surface area contributed by atoms with E-state index in [1.54, 1.807) is 13.8 Å². The number of amides is 1. The highest BCUT2D eigenvalue weighted by atomic mass is 16.5. The Labute approximate surface area is 96.9 Å². The van der Waals surface area contributed by atoms with Gasteiger partial charge in [-0.05, 0) is 34.6 Å². The first kappa shape index (κ1) is 14.9. The number of carbonyl (C=O) groups excluding carboxylic acids is 2. The second-order valence-corrected chi connectivity index (χ2v) is 4.64. The molecule has 2 N–H and O–H groups in total. The number of nitrogens with one attached hydrogen (secondary N) is 2. The van der Waals surface area contributed by atoms with Crippen molar-refractivity contribution >= 4 is 11.9 Å². The van der Waals surface area contributed by atoms with Crippen molar-refractivity contribution in [2.75, 3.05) is 13.2 Å². The van der Waals surface area contributed by atoms with Crippen molar-refractivity contribution in [2.24, 2.45) is 0 Å². The van der Waals surface area contributed by atoms with Gasteiger partial charge in [-0.15, -0.1) is 0 Å². The van der Waals surface area contributed by atoms with Gasteiger partial charge >= 0.3 is 5.97 Å². The molecule has 0 spiro atoms. The number of ether oxygens (including phenoxy) is 1. The molecule has 0 aromatic rings. The minimum Gasteiger partial charge on any atom is -0.464 e. The van der Waals surface area contributed by atoms with Crippen LogP contribution in [0.5, 0.6) is 0 Å². The molecule has 0 aliphatic carbocycles. The molecule has 0 fully saturated rings. The van der Waals surface area contributed by atoms with Gasteiger partial charge in [0.1, 0.15) is 6.04 Å². The van der Waals surface area contributed by atoms with Crippen LogP contribution in [0.1, 0.15) is 34.6 Å². The first-order valence-electron chi connectivity index (χ1n) is 5.47. The van der Waals surface area contributed by atoms with Crippen molar-refractivity contribution in [1.82, 2.24) is 10.6 Å². The lowest BCUT2D eigenvalue weighted by Crippen LogP contribution is -2.47. The molecule has 0 rings (SSSR count). The largest absolute Gasteiger partial charge is 0.464 e. The van der Waals surface area contributed by atoms with Gasteiger partial charge in [0.2, 0.25) is 5.91 Å². The van der Waals surface area contributed by atoms with Gasteiger partial charge in [0.25, 0.3) is 0 Å². The van der Waals surface area contributed by atoms with E-state index in [-0.39, 0.29) is 18.0 Å². The molecule has 0 saturated heterocycles. The summed E-state index contributed by atoms with van der Waals surface area (Å²) in [5, 5.41) is 5.59. The zero-order valence-electron chi connectivity index (χ0n) is 10.7. The lowest BCUT2D eigenvalue weighted by molar-refractivity contribution is -0.146. The fourth-order valence-corrected chi connectivity index (χ4v) is 0.964. The number of rotatable bonds is 5. The zero-order chi connectivity index (χ0) is 12.8. The normalized spacial score (nSPS) is 13.1. The van der Waals surface area contributed by atoms with Crippen LogP contribution in [0.2, 0.25) is 0 Å². The highest BCUT2D eigenvalue weighted by Crippen LogP contribution is 1.97. The van der Waals surface area contributed by atoms with Gasteiger partial charge in [-0.25, -0.2) is 4.79 Å². The quantitative estimate of drug-likeness (QED) is 0.673. The van der Waals surface area contributed by atoms with Crippen LogP contribution in [0.3, 0.4) is 0 Å². The fourth-order valence-electron chi connectivity index (χ4n) is 0.964. The summed E-state index contributed by atoms with van der Waals surface area (Å²) in [6, 6.07) is -0.603. The standard InChI is InChI=1S/C11H22N2O3/c1-6-16-10(15)8(2)13-9(14)7-12-11(3,4)5/h8,12H,6-7H2,1-5H3,(H,13,14). The van der Waals surface area contributed by atoms with E-state index in [2.05, 4.69) is 10.6 Å². The topological polar surface area (TPSA) is 67.4 Å². The molecule has 1 atom stereocenters. The van der Waals surface area contributed by atoms with E-state index in [4.69, 9.17) is 4.74 Å². The van der Waals surface area contributed by atoms with E-state index >= 15 is 0 Å². The highest BCUT2D eigenvalue weighted by molar-refractivity contribution is 5.85. The van der Waals surface area contributed by atoms with E-state index < -0.39 is 12.0 Å². The maximum Gasteiger partial charge on any atom is 0.328 e. The third kappa shape index (κ3) is 7.23. The molecule has 0 aromatic heterocycles. The smallest absolute Gasteiger partial charge is 0.328 e. The third-order valence-corrected chi connectivity index (χ3v) is 1.80. The highest BCUT2D eigenvalue weighted by Gasteiger charge is 2.17. The van der Waals surface area contributed by atoms with Crippen LogP contribution in [0.25, 0.3) is 0 Å². The third-order valence-electron chi connectivity index (χ3n) is 1.80. The van der Waals surface area contributed by atoms with E-state index in [0.29, 0.717) is 6.61 Å². The van der Waals surface area contributed by atoms with Gasteiger partial charge in [-0.2, -0.15) is 0 Å². The molecule has 0 aliphatic rings. The first-order chi connectivity index (χ1) is 7.26. The average molecular weight is 230 g/mol. The van der Waals surface area contributed by atoms with Crippen LogP contribution in [-0.2, 0) is 14.3 Å². The Morgan fingerprint density at radius 2 is 1.88 bits per heavy atom. The van der Waals surface area contributed by atoms with E-state index in [9.17, 15) is 9.59 Å². The molecule has 94 valence electrons. The Hall–Kier alpha value is -1.10. The predicted octanol–water partition coefficient (Wildman–Crippen LogP) is 0.442. The molecule has 5 heteroatoms. The molecule has 0 aliphatic heterocycles. The Bertz CT molecular complexity index is 246. The first-order valence-corrected chi connectivity index (χ1v) is 5.47. The van der Waals surface area contributed by atoms with Crippen LogP contribution in [0.4, 0.5) is 0 Å². The van der Waals surface area contributed by atoms with Crippen molar-refractivity contribution in [3.63, 3.8) is 0 Å². The van der Waals surface area contributed by atoms with Gasteiger partial charge in [-0.3, -0.25) is 4.79 Å². The molecule has 0 radical (unpaired) electrons. The average Bonchev–Trinajstić information content (AvgIpc) is 2.14. The zero-order valence-corrected chi connectivity index (χ0v) is 10.7. The molecule has 0 bridgehead atoms. The molecule has 0 saturated carbocycles. The second-order valence-electron chi connectivity index (χ2n) is 4.64. The number of hydrogen-bond acceptors (Lipinski definition) is 4. The summed E-state index contributed by atoms with van der Waals surface area (Å²) >= 11 is 0. The summed E-state index contributed by atoms with van der Waals surface area (Å²) < 4.78 is 4.78. The molecule has 1 amide bonds. The Morgan fingerprint density at radius 1 is 1.31 bits per heavy atom. The molecule has 5 nitrogen and oxygen atoms in total. The number of carbonyl (C=O) groups is 2. The second kappa shape index (κ2) is 6.48. The van der Waals surface area contributed by atoms with E-state index in [1.165, 1.54) is 0 Å². The fraction of sp³-hybridized carbons (Fsp3) is 0.818. The summed E-state index contributed by atoms with van der Waals surface area (Å²) in [5.41, 5.74) is -0.121. The lowest BCUT2D eigenvalue weighted by Gasteiger charge is -2.20. The minimum absolute atomic E-state index is 0.121. The van der Waals surface area contributed by atoms with Gasteiger partial charge in [0, 0.05) is 5.54 Å². The molecule has 0 heterocycles. The van der Waals surface area contributed by atoms with Crippen molar-refractivity contribution in [1.29, 1.82) is 0 Å². The molecular weight excluding hydrogens is 208 g/mol. The van der Waals surface area contributed by atoms with Crippen molar-refractivity contribution in [2.45, 2.75) is 46.2 Å². The summed E-state index contributed by atoms with van der Waals surface area (Å²) in [6.45, 7) is 9.74. The number of esters is 1. The predicted molar refractivity (Wildman–Crippen MR) is 62.0 cm³/mol. The molecule has 1 unspecified atom stereocenters. The van der Waals surface area contributed by atoms with Crippen LogP contribution in [0.15, 0.2) is 0 Å².